The Morgan fingerprint density at radius 3 is 2.56 bits per heavy atom. The summed E-state index contributed by atoms with van der Waals surface area (Å²) in [5.74, 6) is 0.704. The third-order valence-corrected chi connectivity index (χ3v) is 3.52. The molecule has 0 spiro atoms. The molecule has 102 valence electrons. The lowest BCUT2D eigenvalue weighted by molar-refractivity contribution is 0.414. The molecule has 2 N–H and O–H groups in total. The van der Waals surface area contributed by atoms with E-state index in [2.05, 4.69) is 6.92 Å². The van der Waals surface area contributed by atoms with Crippen LogP contribution in [-0.4, -0.2) is 7.11 Å². The van der Waals surface area contributed by atoms with Gasteiger partial charge in [-0.2, -0.15) is 0 Å². The lowest BCUT2D eigenvalue weighted by atomic mass is 10.0. The molecule has 0 saturated heterocycles. The van der Waals surface area contributed by atoms with Crippen LogP contribution in [-0.2, 0) is 0 Å². The standard InChI is InChI=1S/C15H24ClNO/c1-3-4-5-6-7-8-14(17)12-9-10-15(18-2)13(16)11-12/h9-11,14H,3-8,17H2,1-2H3. The normalized spacial score (nSPS) is 12.4. The molecule has 0 amide bonds. The van der Waals surface area contributed by atoms with Gasteiger partial charge in [0.25, 0.3) is 0 Å². The first-order chi connectivity index (χ1) is 8.69. The van der Waals surface area contributed by atoms with Crippen LogP contribution >= 0.6 is 11.6 Å². The van der Waals surface area contributed by atoms with Crippen LogP contribution in [0.4, 0.5) is 0 Å². The summed E-state index contributed by atoms with van der Waals surface area (Å²) < 4.78 is 5.13. The van der Waals surface area contributed by atoms with Gasteiger partial charge in [0, 0.05) is 6.04 Å². The van der Waals surface area contributed by atoms with Gasteiger partial charge >= 0.3 is 0 Å². The van der Waals surface area contributed by atoms with E-state index < -0.39 is 0 Å². The van der Waals surface area contributed by atoms with Gasteiger partial charge in [0.15, 0.2) is 0 Å². The van der Waals surface area contributed by atoms with Crippen molar-refractivity contribution >= 4 is 11.6 Å². The molecule has 0 aromatic heterocycles. The van der Waals surface area contributed by atoms with E-state index in [1.165, 1.54) is 32.1 Å². The number of rotatable bonds is 8. The summed E-state index contributed by atoms with van der Waals surface area (Å²) in [6.45, 7) is 2.23. The molecule has 1 aromatic carbocycles. The Morgan fingerprint density at radius 1 is 1.22 bits per heavy atom. The number of hydrogen-bond acceptors (Lipinski definition) is 2. The number of ether oxygens (including phenoxy) is 1. The van der Waals surface area contributed by atoms with Gasteiger partial charge in [-0.3, -0.25) is 0 Å². The van der Waals surface area contributed by atoms with E-state index in [4.69, 9.17) is 22.1 Å². The Hall–Kier alpha value is -0.730. The van der Waals surface area contributed by atoms with E-state index in [0.717, 1.165) is 12.0 Å². The molecule has 0 radical (unpaired) electrons. The van der Waals surface area contributed by atoms with E-state index in [-0.39, 0.29) is 6.04 Å². The zero-order valence-corrected chi connectivity index (χ0v) is 12.2. The summed E-state index contributed by atoms with van der Waals surface area (Å²) in [6, 6.07) is 5.88. The van der Waals surface area contributed by atoms with Crippen LogP contribution in [0.15, 0.2) is 18.2 Å². The maximum atomic E-state index is 6.17. The maximum absolute atomic E-state index is 6.17. The Morgan fingerprint density at radius 2 is 1.94 bits per heavy atom. The fraction of sp³-hybridized carbons (Fsp3) is 0.600. The molecule has 3 heteroatoms. The minimum Gasteiger partial charge on any atom is -0.495 e. The molecule has 0 aliphatic heterocycles. The molecule has 1 rings (SSSR count). The summed E-state index contributed by atoms with van der Waals surface area (Å²) >= 11 is 6.10. The molecule has 0 aliphatic carbocycles. The van der Waals surface area contributed by atoms with Crippen molar-refractivity contribution < 1.29 is 4.74 Å². The first kappa shape index (κ1) is 15.3. The highest BCUT2D eigenvalue weighted by molar-refractivity contribution is 6.32. The molecular weight excluding hydrogens is 246 g/mol. The van der Waals surface area contributed by atoms with Crippen molar-refractivity contribution in [1.82, 2.24) is 0 Å². The molecule has 2 nitrogen and oxygen atoms in total. The van der Waals surface area contributed by atoms with Gasteiger partial charge in [0.1, 0.15) is 5.75 Å². The molecule has 18 heavy (non-hydrogen) atoms. The molecule has 0 fully saturated rings. The molecule has 1 aromatic rings. The lowest BCUT2D eigenvalue weighted by Crippen LogP contribution is -2.10. The minimum atomic E-state index is 0.0787. The van der Waals surface area contributed by atoms with Crippen LogP contribution in [0.25, 0.3) is 0 Å². The molecular formula is C15H24ClNO. The van der Waals surface area contributed by atoms with E-state index in [1.54, 1.807) is 7.11 Å². The second-order valence-corrected chi connectivity index (χ2v) is 5.11. The van der Waals surface area contributed by atoms with E-state index in [1.807, 2.05) is 18.2 Å². The van der Waals surface area contributed by atoms with Crippen molar-refractivity contribution in [2.75, 3.05) is 7.11 Å². The van der Waals surface area contributed by atoms with Gasteiger partial charge in [0.05, 0.1) is 12.1 Å². The van der Waals surface area contributed by atoms with Gasteiger partial charge in [-0.25, -0.2) is 0 Å². The lowest BCUT2D eigenvalue weighted by Gasteiger charge is -2.13. The molecule has 0 bridgehead atoms. The smallest absolute Gasteiger partial charge is 0.137 e. The fourth-order valence-corrected chi connectivity index (χ4v) is 2.31. The summed E-state index contributed by atoms with van der Waals surface area (Å²) in [5.41, 5.74) is 7.26. The summed E-state index contributed by atoms with van der Waals surface area (Å²) in [6.07, 6.45) is 7.39. The Balaban J connectivity index is 2.41. The van der Waals surface area contributed by atoms with Crippen molar-refractivity contribution in [3.63, 3.8) is 0 Å². The average Bonchev–Trinajstić information content (AvgIpc) is 2.38. The van der Waals surface area contributed by atoms with Crippen molar-refractivity contribution in [2.24, 2.45) is 5.73 Å². The second-order valence-electron chi connectivity index (χ2n) is 4.70. The van der Waals surface area contributed by atoms with Crippen molar-refractivity contribution in [3.8, 4) is 5.75 Å². The van der Waals surface area contributed by atoms with E-state index in [0.29, 0.717) is 10.8 Å². The van der Waals surface area contributed by atoms with Gasteiger partial charge in [-0.1, -0.05) is 56.7 Å². The van der Waals surface area contributed by atoms with Crippen LogP contribution in [0, 0.1) is 0 Å². The maximum Gasteiger partial charge on any atom is 0.137 e. The molecule has 1 unspecified atom stereocenters. The predicted octanol–water partition coefficient (Wildman–Crippen LogP) is 4.71. The van der Waals surface area contributed by atoms with Crippen LogP contribution in [0.2, 0.25) is 5.02 Å². The van der Waals surface area contributed by atoms with E-state index >= 15 is 0 Å². The monoisotopic (exact) mass is 269 g/mol. The largest absolute Gasteiger partial charge is 0.495 e. The van der Waals surface area contributed by atoms with Gasteiger partial charge in [0.2, 0.25) is 0 Å². The molecule has 0 aliphatic rings. The number of hydrogen-bond donors (Lipinski definition) is 1. The number of benzene rings is 1. The number of unbranched alkanes of at least 4 members (excludes halogenated alkanes) is 4. The summed E-state index contributed by atoms with van der Waals surface area (Å²) in [5, 5.41) is 0.636. The SMILES string of the molecule is CCCCCCCC(N)c1ccc(OC)c(Cl)c1. The zero-order chi connectivity index (χ0) is 13.4. The highest BCUT2D eigenvalue weighted by Crippen LogP contribution is 2.28. The number of methoxy groups -OCH3 is 1. The van der Waals surface area contributed by atoms with Crippen LogP contribution in [0.3, 0.4) is 0 Å². The number of halogens is 1. The second kappa shape index (κ2) is 8.39. The van der Waals surface area contributed by atoms with Crippen LogP contribution < -0.4 is 10.5 Å². The number of nitrogens with two attached hydrogens (primary N) is 1. The molecule has 1 atom stereocenters. The highest BCUT2D eigenvalue weighted by Gasteiger charge is 2.08. The van der Waals surface area contributed by atoms with Crippen molar-refractivity contribution in [1.29, 1.82) is 0 Å². The highest BCUT2D eigenvalue weighted by atomic mass is 35.5. The summed E-state index contributed by atoms with van der Waals surface area (Å²) in [7, 11) is 1.62. The first-order valence-corrected chi connectivity index (χ1v) is 7.15. The first-order valence-electron chi connectivity index (χ1n) is 6.78. The summed E-state index contributed by atoms with van der Waals surface area (Å²) in [4.78, 5) is 0. The minimum absolute atomic E-state index is 0.0787. The zero-order valence-electron chi connectivity index (χ0n) is 11.4. The Kier molecular flexibility index (Phi) is 7.14. The molecule has 0 saturated carbocycles. The van der Waals surface area contributed by atoms with Crippen LogP contribution in [0.5, 0.6) is 5.75 Å². The van der Waals surface area contributed by atoms with E-state index in [9.17, 15) is 0 Å². The van der Waals surface area contributed by atoms with Crippen molar-refractivity contribution in [3.05, 3.63) is 28.8 Å². The van der Waals surface area contributed by atoms with Crippen LogP contribution in [0.1, 0.15) is 57.1 Å². The predicted molar refractivity (Wildman–Crippen MR) is 78.3 cm³/mol. The molecule has 0 heterocycles. The van der Waals surface area contributed by atoms with Gasteiger partial charge in [-0.15, -0.1) is 0 Å². The van der Waals surface area contributed by atoms with Crippen molar-refractivity contribution in [2.45, 2.75) is 51.5 Å². The topological polar surface area (TPSA) is 35.2 Å². The van der Waals surface area contributed by atoms with Gasteiger partial charge < -0.3 is 10.5 Å². The Bertz CT molecular complexity index is 354. The Labute approximate surface area is 115 Å². The van der Waals surface area contributed by atoms with Gasteiger partial charge in [-0.05, 0) is 24.1 Å². The fourth-order valence-electron chi connectivity index (χ4n) is 2.05. The quantitative estimate of drug-likeness (QED) is 0.694. The third-order valence-electron chi connectivity index (χ3n) is 3.22. The average molecular weight is 270 g/mol. The third kappa shape index (κ3) is 4.87.